The Kier molecular flexibility index (Phi) is 6.02. The topological polar surface area (TPSA) is 94.2 Å². The molecule has 1 amide bonds. The normalized spacial score (nSPS) is 16.5. The van der Waals surface area contributed by atoms with Gasteiger partial charge in [-0.1, -0.05) is 17.3 Å². The summed E-state index contributed by atoms with van der Waals surface area (Å²) >= 11 is 0. The highest BCUT2D eigenvalue weighted by molar-refractivity contribution is 5.76. The van der Waals surface area contributed by atoms with Gasteiger partial charge in [0.05, 0.1) is 18.4 Å². The third-order valence-electron chi connectivity index (χ3n) is 5.46. The highest BCUT2D eigenvalue weighted by Gasteiger charge is 2.28. The second-order valence-electron chi connectivity index (χ2n) is 7.49. The Balaban J connectivity index is 1.42. The Morgan fingerprint density at radius 2 is 2.13 bits per heavy atom. The van der Waals surface area contributed by atoms with Gasteiger partial charge in [-0.2, -0.15) is 4.98 Å². The number of ether oxygens (including phenoxy) is 1. The fraction of sp³-hybridized carbons (Fsp3) is 0.409. The molecule has 1 aromatic carbocycles. The molecular formula is C22H25N5O3. The SMILES string of the molecule is COc1ccc(CCC(=O)N2CCCC(c3ncncc3-c3noc(C)n3)C2)cc1. The van der Waals surface area contributed by atoms with Crippen LogP contribution in [0.25, 0.3) is 11.4 Å². The number of hydrogen-bond donors (Lipinski definition) is 0. The summed E-state index contributed by atoms with van der Waals surface area (Å²) in [5.41, 5.74) is 2.77. The first-order chi connectivity index (χ1) is 14.6. The Morgan fingerprint density at radius 3 is 2.87 bits per heavy atom. The van der Waals surface area contributed by atoms with E-state index in [-0.39, 0.29) is 11.8 Å². The van der Waals surface area contributed by atoms with Crippen LogP contribution in [-0.4, -0.2) is 51.1 Å². The molecule has 3 aromatic rings. The summed E-state index contributed by atoms with van der Waals surface area (Å²) in [5.74, 6) is 2.10. The van der Waals surface area contributed by atoms with E-state index in [1.54, 1.807) is 20.2 Å². The molecule has 30 heavy (non-hydrogen) atoms. The first kappa shape index (κ1) is 20.0. The van der Waals surface area contributed by atoms with E-state index in [1.165, 1.54) is 6.33 Å². The minimum atomic E-state index is 0.125. The monoisotopic (exact) mass is 407 g/mol. The second kappa shape index (κ2) is 9.02. The van der Waals surface area contributed by atoms with Crippen molar-refractivity contribution >= 4 is 5.91 Å². The van der Waals surface area contributed by atoms with E-state index < -0.39 is 0 Å². The van der Waals surface area contributed by atoms with Gasteiger partial charge in [0.15, 0.2) is 0 Å². The van der Waals surface area contributed by atoms with Crippen molar-refractivity contribution in [3.05, 3.63) is 53.9 Å². The van der Waals surface area contributed by atoms with Crippen LogP contribution < -0.4 is 4.74 Å². The molecule has 0 radical (unpaired) electrons. The molecule has 8 heteroatoms. The number of likely N-dealkylation sites (tertiary alicyclic amines) is 1. The van der Waals surface area contributed by atoms with E-state index >= 15 is 0 Å². The average molecular weight is 407 g/mol. The molecule has 0 bridgehead atoms. The zero-order chi connectivity index (χ0) is 20.9. The molecule has 1 aliphatic heterocycles. The minimum Gasteiger partial charge on any atom is -0.497 e. The van der Waals surface area contributed by atoms with Crippen LogP contribution in [0.4, 0.5) is 0 Å². The van der Waals surface area contributed by atoms with Crippen LogP contribution in [0.5, 0.6) is 5.75 Å². The Labute approximate surface area is 175 Å². The maximum Gasteiger partial charge on any atom is 0.223 e. The first-order valence-electron chi connectivity index (χ1n) is 10.2. The zero-order valence-electron chi connectivity index (χ0n) is 17.2. The van der Waals surface area contributed by atoms with Gasteiger partial charge in [0.2, 0.25) is 17.6 Å². The average Bonchev–Trinajstić information content (AvgIpc) is 3.24. The molecule has 0 saturated carbocycles. The van der Waals surface area contributed by atoms with E-state index in [0.29, 0.717) is 31.1 Å². The molecule has 0 N–H and O–H groups in total. The largest absolute Gasteiger partial charge is 0.497 e. The van der Waals surface area contributed by atoms with E-state index in [0.717, 1.165) is 42.0 Å². The van der Waals surface area contributed by atoms with Gasteiger partial charge in [0.1, 0.15) is 12.1 Å². The van der Waals surface area contributed by atoms with Crippen molar-refractivity contribution in [1.82, 2.24) is 25.0 Å². The lowest BCUT2D eigenvalue weighted by Crippen LogP contribution is -2.39. The number of carbonyl (C=O) groups excluding carboxylic acids is 1. The molecule has 1 fully saturated rings. The van der Waals surface area contributed by atoms with Crippen molar-refractivity contribution < 1.29 is 14.1 Å². The Hall–Kier alpha value is -3.29. The molecule has 1 atom stereocenters. The van der Waals surface area contributed by atoms with Gasteiger partial charge in [-0.25, -0.2) is 9.97 Å². The number of benzene rings is 1. The van der Waals surface area contributed by atoms with Crippen LogP contribution >= 0.6 is 0 Å². The molecule has 4 rings (SSSR count). The molecule has 3 heterocycles. The molecule has 8 nitrogen and oxygen atoms in total. The fourth-order valence-electron chi connectivity index (χ4n) is 3.87. The van der Waals surface area contributed by atoms with Crippen LogP contribution in [-0.2, 0) is 11.2 Å². The van der Waals surface area contributed by atoms with Crippen molar-refractivity contribution in [1.29, 1.82) is 0 Å². The summed E-state index contributed by atoms with van der Waals surface area (Å²) in [6, 6.07) is 7.86. The summed E-state index contributed by atoms with van der Waals surface area (Å²) in [7, 11) is 1.65. The van der Waals surface area contributed by atoms with E-state index in [1.807, 2.05) is 29.2 Å². The maximum atomic E-state index is 12.9. The number of nitrogens with zero attached hydrogens (tertiary/aromatic N) is 5. The molecule has 1 aliphatic rings. The van der Waals surface area contributed by atoms with Gasteiger partial charge in [-0.3, -0.25) is 4.79 Å². The van der Waals surface area contributed by atoms with Gasteiger partial charge >= 0.3 is 0 Å². The summed E-state index contributed by atoms with van der Waals surface area (Å²) in [6.45, 7) is 3.17. The van der Waals surface area contributed by atoms with Crippen LogP contribution in [0.2, 0.25) is 0 Å². The molecule has 0 aliphatic carbocycles. The number of rotatable bonds is 6. The lowest BCUT2D eigenvalue weighted by atomic mass is 9.91. The molecular weight excluding hydrogens is 382 g/mol. The van der Waals surface area contributed by atoms with Crippen LogP contribution in [0.1, 0.15) is 42.3 Å². The number of amides is 1. The van der Waals surface area contributed by atoms with Gasteiger partial charge in [-0.15, -0.1) is 0 Å². The number of hydrogen-bond acceptors (Lipinski definition) is 7. The van der Waals surface area contributed by atoms with Crippen molar-refractivity contribution in [3.63, 3.8) is 0 Å². The van der Waals surface area contributed by atoms with Gasteiger partial charge in [-0.05, 0) is 37.0 Å². The second-order valence-corrected chi connectivity index (χ2v) is 7.49. The Morgan fingerprint density at radius 1 is 1.30 bits per heavy atom. The molecule has 2 aromatic heterocycles. The van der Waals surface area contributed by atoms with Crippen LogP contribution in [0.3, 0.4) is 0 Å². The van der Waals surface area contributed by atoms with Gasteiger partial charge in [0.25, 0.3) is 0 Å². The third-order valence-corrected chi connectivity index (χ3v) is 5.46. The lowest BCUT2D eigenvalue weighted by Gasteiger charge is -2.33. The van der Waals surface area contributed by atoms with Gasteiger partial charge in [0, 0.05) is 38.5 Å². The number of piperidine rings is 1. The van der Waals surface area contributed by atoms with Gasteiger partial charge < -0.3 is 14.2 Å². The first-order valence-corrected chi connectivity index (χ1v) is 10.2. The quantitative estimate of drug-likeness (QED) is 0.619. The molecule has 1 unspecified atom stereocenters. The molecule has 1 saturated heterocycles. The Bertz CT molecular complexity index is 1000. The lowest BCUT2D eigenvalue weighted by molar-refractivity contribution is -0.132. The number of aromatic nitrogens is 4. The smallest absolute Gasteiger partial charge is 0.223 e. The minimum absolute atomic E-state index is 0.125. The standard InChI is InChI=1S/C22H25N5O3/c1-15-25-22(26-30-15)19-12-23-14-24-21(19)17-4-3-11-27(13-17)20(28)10-7-16-5-8-18(29-2)9-6-16/h5-6,8-9,12,14,17H,3-4,7,10-11,13H2,1-2H3. The molecule has 156 valence electrons. The predicted molar refractivity (Wildman–Crippen MR) is 110 cm³/mol. The van der Waals surface area contributed by atoms with Crippen molar-refractivity contribution in [2.45, 2.75) is 38.5 Å². The van der Waals surface area contributed by atoms with E-state index in [4.69, 9.17) is 9.26 Å². The fourth-order valence-corrected chi connectivity index (χ4v) is 3.87. The van der Waals surface area contributed by atoms with Crippen molar-refractivity contribution in [2.75, 3.05) is 20.2 Å². The maximum absolute atomic E-state index is 12.9. The van der Waals surface area contributed by atoms with E-state index in [9.17, 15) is 4.79 Å². The molecule has 0 spiro atoms. The third kappa shape index (κ3) is 4.48. The zero-order valence-corrected chi connectivity index (χ0v) is 17.2. The summed E-state index contributed by atoms with van der Waals surface area (Å²) < 4.78 is 10.3. The van der Waals surface area contributed by atoms with Crippen molar-refractivity contribution in [2.24, 2.45) is 0 Å². The summed E-state index contributed by atoms with van der Waals surface area (Å²) in [4.78, 5) is 27.8. The number of aryl methyl sites for hydroxylation is 2. The number of methoxy groups -OCH3 is 1. The highest BCUT2D eigenvalue weighted by atomic mass is 16.5. The van der Waals surface area contributed by atoms with Crippen LogP contribution in [0.15, 0.2) is 41.3 Å². The number of carbonyl (C=O) groups is 1. The highest BCUT2D eigenvalue weighted by Crippen LogP contribution is 2.31. The van der Waals surface area contributed by atoms with Crippen molar-refractivity contribution in [3.8, 4) is 17.1 Å². The predicted octanol–water partition coefficient (Wildman–Crippen LogP) is 3.18. The summed E-state index contributed by atoms with van der Waals surface area (Å²) in [5, 5.41) is 4.02. The summed E-state index contributed by atoms with van der Waals surface area (Å²) in [6.07, 6.45) is 6.36. The van der Waals surface area contributed by atoms with Crippen LogP contribution in [0, 0.1) is 6.92 Å². The van der Waals surface area contributed by atoms with E-state index in [2.05, 4.69) is 20.1 Å².